The van der Waals surface area contributed by atoms with Crippen molar-refractivity contribution in [1.29, 1.82) is 0 Å². The standard InChI is InChI=1S/C65H60BN4O/c1-62(2,3)37-22-26-40(27-23-37)67-48-34-54-43(42-30-39(64(7,8)9)25-29-53(42)71-54)32-44(48)57-58-55(41-20-16-17-21-46(41)65(58,10)11)56-45-31-38(63(4,5)6)24-28-50(45)70-51-35-52-49(33-47(51)66-59(57)60(56)70)68-61(69(52)12)36-18-14-13-15-19-36/h13-35,67H,1-12H3. The van der Waals surface area contributed by atoms with Gasteiger partial charge in [-0.3, -0.25) is 0 Å². The van der Waals surface area contributed by atoms with Crippen LogP contribution in [0.25, 0.3) is 94.1 Å². The molecule has 1 N–H and O–H groups in total. The topological polar surface area (TPSA) is 47.9 Å². The fourth-order valence-electron chi connectivity index (χ4n) is 12.1. The molecule has 4 heterocycles. The highest BCUT2D eigenvalue weighted by Gasteiger charge is 2.43. The second-order valence-corrected chi connectivity index (χ2v) is 24.1. The van der Waals surface area contributed by atoms with Gasteiger partial charge in [-0.2, -0.15) is 0 Å². The number of rotatable bonds is 4. The number of anilines is 2. The Morgan fingerprint density at radius 2 is 1.24 bits per heavy atom. The molecule has 0 spiro atoms. The Hall–Kier alpha value is -7.31. The molecule has 71 heavy (non-hydrogen) atoms. The van der Waals surface area contributed by atoms with E-state index in [2.05, 4.69) is 244 Å². The van der Waals surface area contributed by atoms with E-state index in [-0.39, 0.29) is 21.7 Å². The highest BCUT2D eigenvalue weighted by Crippen LogP contribution is 2.57. The Morgan fingerprint density at radius 3 is 1.96 bits per heavy atom. The molecule has 2 aliphatic rings. The number of imidazole rings is 1. The Kier molecular flexibility index (Phi) is 9.01. The third-order valence-corrected chi connectivity index (χ3v) is 16.0. The molecule has 349 valence electrons. The van der Waals surface area contributed by atoms with Crippen molar-refractivity contribution in [2.45, 2.75) is 97.8 Å². The van der Waals surface area contributed by atoms with E-state index in [1.165, 1.54) is 71.8 Å². The van der Waals surface area contributed by atoms with Crippen molar-refractivity contribution in [3.63, 3.8) is 0 Å². The summed E-state index contributed by atoms with van der Waals surface area (Å²) in [5.74, 6) is 0.956. The molecule has 8 aromatic carbocycles. The zero-order valence-electron chi connectivity index (χ0n) is 43.1. The van der Waals surface area contributed by atoms with E-state index in [4.69, 9.17) is 9.40 Å². The Balaban J connectivity index is 1.19. The molecule has 3 aromatic heterocycles. The lowest BCUT2D eigenvalue weighted by Crippen LogP contribution is -2.38. The summed E-state index contributed by atoms with van der Waals surface area (Å²) in [5.41, 5.74) is 24.1. The number of fused-ring (bicyclic) bond motifs is 13. The summed E-state index contributed by atoms with van der Waals surface area (Å²) < 4.78 is 11.7. The number of aromatic nitrogens is 3. The first-order valence-corrected chi connectivity index (χ1v) is 25.3. The van der Waals surface area contributed by atoms with Crippen LogP contribution in [0.2, 0.25) is 0 Å². The largest absolute Gasteiger partial charge is 0.456 e. The normalized spacial score (nSPS) is 14.1. The average Bonchev–Trinajstić information content (AvgIpc) is 4.04. The lowest BCUT2D eigenvalue weighted by molar-refractivity contribution is 0.590. The monoisotopic (exact) mass is 923 g/mol. The van der Waals surface area contributed by atoms with Crippen LogP contribution in [-0.2, 0) is 28.7 Å². The van der Waals surface area contributed by atoms with Gasteiger partial charge in [-0.1, -0.05) is 160 Å². The van der Waals surface area contributed by atoms with Crippen molar-refractivity contribution in [3.05, 3.63) is 167 Å². The first kappa shape index (κ1) is 43.7. The highest BCUT2D eigenvalue weighted by atomic mass is 16.3. The average molecular weight is 924 g/mol. The van der Waals surface area contributed by atoms with Gasteiger partial charge in [0.25, 0.3) is 0 Å². The van der Waals surface area contributed by atoms with Crippen LogP contribution in [0, 0.1) is 0 Å². The van der Waals surface area contributed by atoms with Gasteiger partial charge >= 0.3 is 0 Å². The SMILES string of the molecule is Cn1c(-c2ccccc2)nc2cc3c(cc21)-n1c2ccc(C(C)(C)C)cc2c2c4c(c(-c5cc6c(cc5Nc5ccc(C(C)(C)C)cc5)oc5ccc(C(C)(C)C)cc56)c(c21)[B]3)C(C)(C)c1ccccc1-4. The maximum Gasteiger partial charge on any atom is 0.198 e. The van der Waals surface area contributed by atoms with Gasteiger partial charge in [0, 0.05) is 68.1 Å². The quantitative estimate of drug-likeness (QED) is 0.179. The minimum atomic E-state index is -0.357. The molecule has 0 bridgehead atoms. The Bertz CT molecular complexity index is 4070. The van der Waals surface area contributed by atoms with Crippen molar-refractivity contribution in [2.75, 3.05) is 5.32 Å². The minimum Gasteiger partial charge on any atom is -0.456 e. The number of benzene rings is 8. The van der Waals surface area contributed by atoms with E-state index in [9.17, 15) is 0 Å². The molecule has 1 aliphatic carbocycles. The smallest absolute Gasteiger partial charge is 0.198 e. The van der Waals surface area contributed by atoms with Crippen molar-refractivity contribution in [3.8, 4) is 39.3 Å². The van der Waals surface area contributed by atoms with Crippen LogP contribution < -0.4 is 16.2 Å². The molecule has 0 unspecified atom stereocenters. The molecule has 5 nitrogen and oxygen atoms in total. The van der Waals surface area contributed by atoms with Crippen LogP contribution in [0.4, 0.5) is 11.4 Å². The van der Waals surface area contributed by atoms with Crippen LogP contribution in [0.3, 0.4) is 0 Å². The van der Waals surface area contributed by atoms with E-state index in [0.29, 0.717) is 0 Å². The van der Waals surface area contributed by atoms with Crippen molar-refractivity contribution in [1.82, 2.24) is 14.1 Å². The maximum absolute atomic E-state index is 6.84. The molecule has 0 atom stereocenters. The Labute approximate surface area is 417 Å². The molecular weight excluding hydrogens is 864 g/mol. The lowest BCUT2D eigenvalue weighted by atomic mass is 9.57. The molecule has 0 saturated carbocycles. The van der Waals surface area contributed by atoms with Gasteiger partial charge in [0.15, 0.2) is 7.28 Å². The third kappa shape index (κ3) is 6.42. The number of nitrogens with one attached hydrogen (secondary N) is 1. The van der Waals surface area contributed by atoms with Crippen molar-refractivity contribution in [2.24, 2.45) is 7.05 Å². The number of nitrogens with zero attached hydrogens (tertiary/aromatic N) is 3. The van der Waals surface area contributed by atoms with Gasteiger partial charge in [0.05, 0.1) is 22.2 Å². The molecule has 1 radical (unpaired) electrons. The predicted molar refractivity (Wildman–Crippen MR) is 302 cm³/mol. The van der Waals surface area contributed by atoms with Crippen molar-refractivity contribution < 1.29 is 4.42 Å². The van der Waals surface area contributed by atoms with E-state index >= 15 is 0 Å². The van der Waals surface area contributed by atoms with E-state index in [1.807, 2.05) is 0 Å². The summed E-state index contributed by atoms with van der Waals surface area (Å²) in [6.45, 7) is 25.6. The first-order chi connectivity index (χ1) is 33.8. The van der Waals surface area contributed by atoms with Crippen LogP contribution in [-0.4, -0.2) is 21.4 Å². The Morgan fingerprint density at radius 1 is 0.592 bits per heavy atom. The van der Waals surface area contributed by atoms with Crippen LogP contribution in [0.5, 0.6) is 0 Å². The summed E-state index contributed by atoms with van der Waals surface area (Å²) in [6, 6.07) is 52.1. The lowest BCUT2D eigenvalue weighted by Gasteiger charge is -2.30. The van der Waals surface area contributed by atoms with Gasteiger partial charge in [-0.25, -0.2) is 4.98 Å². The molecule has 6 heteroatoms. The van der Waals surface area contributed by atoms with Gasteiger partial charge < -0.3 is 18.9 Å². The molecule has 11 aromatic rings. The number of aryl methyl sites for hydroxylation is 1. The predicted octanol–water partition coefficient (Wildman–Crippen LogP) is 15.8. The van der Waals surface area contributed by atoms with Crippen molar-refractivity contribution >= 4 is 84.4 Å². The minimum absolute atomic E-state index is 0.0311. The summed E-state index contributed by atoms with van der Waals surface area (Å²) in [4.78, 5) is 5.35. The van der Waals surface area contributed by atoms with Gasteiger partial charge in [0.2, 0.25) is 0 Å². The van der Waals surface area contributed by atoms with E-state index < -0.39 is 0 Å². The molecule has 0 fully saturated rings. The van der Waals surface area contributed by atoms with Crippen LogP contribution >= 0.6 is 0 Å². The molecule has 0 amide bonds. The van der Waals surface area contributed by atoms with E-state index in [1.54, 1.807) is 0 Å². The van der Waals surface area contributed by atoms with Crippen LogP contribution in [0.1, 0.15) is 104 Å². The maximum atomic E-state index is 6.84. The first-order valence-electron chi connectivity index (χ1n) is 25.3. The van der Waals surface area contributed by atoms with Crippen LogP contribution in [0.15, 0.2) is 144 Å². The zero-order chi connectivity index (χ0) is 49.3. The zero-order valence-corrected chi connectivity index (χ0v) is 43.1. The van der Waals surface area contributed by atoms with E-state index in [0.717, 1.165) is 72.4 Å². The molecular formula is C65H60BN4O. The third-order valence-electron chi connectivity index (χ3n) is 16.0. The molecule has 0 saturated heterocycles. The molecule has 1 aliphatic heterocycles. The summed E-state index contributed by atoms with van der Waals surface area (Å²) in [6.07, 6.45) is 0. The number of hydrogen-bond donors (Lipinski definition) is 1. The summed E-state index contributed by atoms with van der Waals surface area (Å²) >= 11 is 0. The second kappa shape index (κ2) is 14.6. The van der Waals surface area contributed by atoms with Gasteiger partial charge in [-0.15, -0.1) is 0 Å². The fourth-order valence-corrected chi connectivity index (χ4v) is 12.1. The summed E-state index contributed by atoms with van der Waals surface area (Å²) in [5, 5.41) is 8.85. The molecule has 13 rings (SSSR count). The fraction of sp³-hybridized carbons (Fsp3) is 0.246. The summed E-state index contributed by atoms with van der Waals surface area (Å²) in [7, 11) is 4.64. The highest BCUT2D eigenvalue weighted by molar-refractivity contribution is 6.74. The second-order valence-electron chi connectivity index (χ2n) is 24.1. The van der Waals surface area contributed by atoms with Gasteiger partial charge in [0.1, 0.15) is 17.0 Å². The number of hydrogen-bond acceptors (Lipinski definition) is 3. The van der Waals surface area contributed by atoms with Gasteiger partial charge in [-0.05, 0) is 121 Å². The number of furan rings is 1.